The van der Waals surface area contributed by atoms with E-state index in [2.05, 4.69) is 5.32 Å². The highest BCUT2D eigenvalue weighted by Crippen LogP contribution is 2.30. The third-order valence-corrected chi connectivity index (χ3v) is 7.82. The maximum absolute atomic E-state index is 12.9. The molecule has 29 heavy (non-hydrogen) atoms. The van der Waals surface area contributed by atoms with E-state index < -0.39 is 10.0 Å². The Hall–Kier alpha value is -1.06. The van der Waals surface area contributed by atoms with E-state index >= 15 is 0 Å². The van der Waals surface area contributed by atoms with Gasteiger partial charge in [0.1, 0.15) is 4.90 Å². The predicted octanol–water partition coefficient (Wildman–Crippen LogP) is 2.83. The first-order chi connectivity index (χ1) is 13.7. The first-order valence-corrected chi connectivity index (χ1v) is 11.7. The fourth-order valence-electron chi connectivity index (χ4n) is 3.06. The molecule has 2 aromatic carbocycles. The zero-order valence-corrected chi connectivity index (χ0v) is 18.9. The Bertz CT molecular complexity index is 1000. The zero-order valence-electron chi connectivity index (χ0n) is 15.1. The zero-order chi connectivity index (χ0) is 21.2. The number of piperazine rings is 1. The molecule has 0 saturated carbocycles. The number of quaternary nitrogens is 1. The van der Waals surface area contributed by atoms with E-state index in [1.54, 1.807) is 18.2 Å². The summed E-state index contributed by atoms with van der Waals surface area (Å²) >= 11 is 24.1. The van der Waals surface area contributed by atoms with E-state index in [1.165, 1.54) is 22.5 Å². The summed E-state index contributed by atoms with van der Waals surface area (Å²) in [6.45, 7) is 1.65. The number of benzene rings is 2. The molecule has 0 radical (unpaired) electrons. The third-order valence-electron chi connectivity index (χ3n) is 4.58. The number of nitrogens with zero attached hydrogens (tertiary/aromatic N) is 1. The molecule has 156 valence electrons. The molecule has 0 unspecified atom stereocenters. The van der Waals surface area contributed by atoms with Crippen LogP contribution in [0.5, 0.6) is 0 Å². The van der Waals surface area contributed by atoms with Gasteiger partial charge in [-0.15, -0.1) is 0 Å². The minimum Gasteiger partial charge on any atom is -0.325 e. The van der Waals surface area contributed by atoms with Crippen molar-refractivity contribution in [3.63, 3.8) is 0 Å². The number of halogens is 4. The van der Waals surface area contributed by atoms with Crippen molar-refractivity contribution in [2.24, 2.45) is 0 Å². The van der Waals surface area contributed by atoms with Gasteiger partial charge in [0, 0.05) is 5.02 Å². The van der Waals surface area contributed by atoms with E-state index in [4.69, 9.17) is 46.4 Å². The van der Waals surface area contributed by atoms with Crippen molar-refractivity contribution in [3.8, 4) is 0 Å². The van der Waals surface area contributed by atoms with Gasteiger partial charge in [-0.2, -0.15) is 4.31 Å². The van der Waals surface area contributed by atoms with E-state index in [0.717, 1.165) is 4.90 Å². The monoisotopic (exact) mass is 496 g/mol. The molecule has 0 aliphatic carbocycles. The fourth-order valence-corrected chi connectivity index (χ4v) is 5.73. The van der Waals surface area contributed by atoms with Crippen LogP contribution in [0, 0.1) is 0 Å². The molecule has 1 aliphatic heterocycles. The van der Waals surface area contributed by atoms with Gasteiger partial charge in [0.25, 0.3) is 5.91 Å². The van der Waals surface area contributed by atoms with Gasteiger partial charge in [-0.05, 0) is 30.3 Å². The minimum absolute atomic E-state index is 0.0128. The van der Waals surface area contributed by atoms with Gasteiger partial charge in [-0.25, -0.2) is 8.42 Å². The van der Waals surface area contributed by atoms with Gasteiger partial charge in [0.05, 0.1) is 46.9 Å². The molecule has 0 atom stereocenters. The Labute approximate surface area is 189 Å². The number of para-hydroxylation sites is 1. The number of hydrogen-bond donors (Lipinski definition) is 2. The summed E-state index contributed by atoms with van der Waals surface area (Å²) in [6.07, 6.45) is 0. The molecular weight excluding hydrogens is 480 g/mol. The van der Waals surface area contributed by atoms with Gasteiger partial charge in [-0.3, -0.25) is 4.79 Å². The van der Waals surface area contributed by atoms with Crippen LogP contribution >= 0.6 is 46.4 Å². The number of nitrogens with one attached hydrogen (secondary N) is 2. The molecule has 2 aromatic rings. The van der Waals surface area contributed by atoms with Crippen LogP contribution in [0.2, 0.25) is 20.1 Å². The summed E-state index contributed by atoms with van der Waals surface area (Å²) in [7, 11) is -3.76. The van der Waals surface area contributed by atoms with Gasteiger partial charge in [-0.1, -0.05) is 52.5 Å². The lowest BCUT2D eigenvalue weighted by Crippen LogP contribution is -3.15. The average molecular weight is 498 g/mol. The quantitative estimate of drug-likeness (QED) is 0.667. The van der Waals surface area contributed by atoms with Crippen molar-refractivity contribution >= 4 is 68.0 Å². The van der Waals surface area contributed by atoms with E-state index in [1.807, 2.05) is 0 Å². The second kappa shape index (κ2) is 9.39. The van der Waals surface area contributed by atoms with Gasteiger partial charge >= 0.3 is 0 Å². The van der Waals surface area contributed by atoms with Crippen LogP contribution in [0.15, 0.2) is 41.3 Å². The smallest absolute Gasteiger partial charge is 0.279 e. The molecular formula is C18H18Cl4N3O3S+. The van der Waals surface area contributed by atoms with E-state index in [9.17, 15) is 13.2 Å². The van der Waals surface area contributed by atoms with Crippen LogP contribution in [-0.4, -0.2) is 51.4 Å². The molecule has 1 fully saturated rings. The number of amides is 1. The molecule has 0 bridgehead atoms. The predicted molar refractivity (Wildman–Crippen MR) is 116 cm³/mol. The summed E-state index contributed by atoms with van der Waals surface area (Å²) < 4.78 is 27.1. The Morgan fingerprint density at radius 3 is 2.24 bits per heavy atom. The lowest BCUT2D eigenvalue weighted by molar-refractivity contribution is -0.895. The Balaban J connectivity index is 1.60. The average Bonchev–Trinajstić information content (AvgIpc) is 2.67. The first-order valence-electron chi connectivity index (χ1n) is 8.71. The van der Waals surface area contributed by atoms with Gasteiger partial charge < -0.3 is 10.2 Å². The van der Waals surface area contributed by atoms with Gasteiger partial charge in [0.15, 0.2) is 6.54 Å². The molecule has 3 rings (SSSR count). The van der Waals surface area contributed by atoms with Crippen LogP contribution < -0.4 is 10.2 Å². The topological polar surface area (TPSA) is 70.9 Å². The largest absolute Gasteiger partial charge is 0.325 e. The van der Waals surface area contributed by atoms with Crippen molar-refractivity contribution in [3.05, 3.63) is 56.5 Å². The highest BCUT2D eigenvalue weighted by Gasteiger charge is 2.32. The number of sulfonamides is 1. The molecule has 6 nitrogen and oxygen atoms in total. The van der Waals surface area contributed by atoms with Crippen molar-refractivity contribution < 1.29 is 18.1 Å². The summed E-state index contributed by atoms with van der Waals surface area (Å²) in [4.78, 5) is 13.3. The third kappa shape index (κ3) is 5.35. The molecule has 1 amide bonds. The number of carbonyl (C=O) groups excluding carboxylic acids is 1. The number of rotatable bonds is 5. The van der Waals surface area contributed by atoms with Crippen molar-refractivity contribution in [2.75, 3.05) is 38.0 Å². The van der Waals surface area contributed by atoms with Crippen molar-refractivity contribution in [1.82, 2.24) is 4.31 Å². The Kier molecular flexibility index (Phi) is 7.32. The van der Waals surface area contributed by atoms with E-state index in [0.29, 0.717) is 33.8 Å². The maximum atomic E-state index is 12.9. The molecule has 2 N–H and O–H groups in total. The summed E-state index contributed by atoms with van der Waals surface area (Å²) in [5, 5.41) is 3.86. The highest BCUT2D eigenvalue weighted by molar-refractivity contribution is 7.89. The summed E-state index contributed by atoms with van der Waals surface area (Å²) in [5.41, 5.74) is 0.372. The maximum Gasteiger partial charge on any atom is 0.279 e. The second-order valence-electron chi connectivity index (χ2n) is 6.55. The normalized spacial score (nSPS) is 16.0. The first kappa shape index (κ1) is 22.6. The molecule has 0 aromatic heterocycles. The molecule has 11 heteroatoms. The van der Waals surface area contributed by atoms with Crippen molar-refractivity contribution in [2.45, 2.75) is 4.90 Å². The highest BCUT2D eigenvalue weighted by atomic mass is 35.5. The lowest BCUT2D eigenvalue weighted by Gasteiger charge is -2.31. The number of anilines is 1. The van der Waals surface area contributed by atoms with Crippen LogP contribution in [0.3, 0.4) is 0 Å². The van der Waals surface area contributed by atoms with Crippen LogP contribution in [0.25, 0.3) is 0 Å². The molecule has 1 heterocycles. The Morgan fingerprint density at radius 2 is 1.62 bits per heavy atom. The fraction of sp³-hybridized carbons (Fsp3) is 0.278. The SMILES string of the molecule is O=C(C[NH+]1CCN(S(=O)(=O)c2cc(Cl)ccc2Cl)CC1)Nc1c(Cl)cccc1Cl. The molecule has 1 saturated heterocycles. The molecule has 0 spiro atoms. The van der Waals surface area contributed by atoms with Crippen LogP contribution in [0.4, 0.5) is 5.69 Å². The standard InChI is InChI=1S/C18H17Cl4N3O3S/c19-12-4-5-13(20)16(10-12)29(27,28)25-8-6-24(7-9-25)11-17(26)23-18-14(21)2-1-3-15(18)22/h1-5,10H,6-9,11H2,(H,23,26)/p+1. The van der Waals surface area contributed by atoms with E-state index in [-0.39, 0.29) is 35.5 Å². The van der Waals surface area contributed by atoms with Crippen molar-refractivity contribution in [1.29, 1.82) is 0 Å². The minimum atomic E-state index is -3.76. The number of hydrogen-bond acceptors (Lipinski definition) is 3. The van der Waals surface area contributed by atoms with Crippen LogP contribution in [0.1, 0.15) is 0 Å². The lowest BCUT2D eigenvalue weighted by atomic mass is 10.3. The van der Waals surface area contributed by atoms with Gasteiger partial charge in [0.2, 0.25) is 10.0 Å². The summed E-state index contributed by atoms with van der Waals surface area (Å²) in [5.74, 6) is -0.246. The Morgan fingerprint density at radius 1 is 1.00 bits per heavy atom. The molecule has 1 aliphatic rings. The summed E-state index contributed by atoms with van der Waals surface area (Å²) in [6, 6.07) is 9.31. The number of carbonyl (C=O) groups is 1. The second-order valence-corrected chi connectivity index (χ2v) is 10.1. The van der Waals surface area contributed by atoms with Crippen LogP contribution in [-0.2, 0) is 14.8 Å².